The van der Waals surface area contributed by atoms with Crippen molar-refractivity contribution in [2.45, 2.75) is 57.8 Å². The first kappa shape index (κ1) is 18.4. The van der Waals surface area contributed by atoms with Crippen LogP contribution in [0.5, 0.6) is 0 Å². The predicted molar refractivity (Wildman–Crippen MR) is 73.6 cm³/mol. The van der Waals surface area contributed by atoms with Gasteiger partial charge in [-0.15, -0.1) is 0 Å². The van der Waals surface area contributed by atoms with Crippen LogP contribution in [0, 0.1) is 0 Å². The smallest absolute Gasteiger partial charge is 0.303 e. The minimum Gasteiger partial charge on any atom is -0.303 e. The highest BCUT2D eigenvalue weighted by Crippen LogP contribution is 2.35. The highest BCUT2D eigenvalue weighted by molar-refractivity contribution is 7.46. The van der Waals surface area contributed by atoms with Crippen molar-refractivity contribution in [3.63, 3.8) is 0 Å². The van der Waals surface area contributed by atoms with Gasteiger partial charge < -0.3 is 9.79 Å². The van der Waals surface area contributed by atoms with Gasteiger partial charge in [-0.3, -0.25) is 4.52 Å². The fourth-order valence-corrected chi connectivity index (χ4v) is 2.12. The van der Waals surface area contributed by atoms with Gasteiger partial charge in [0.15, 0.2) is 0 Å². The van der Waals surface area contributed by atoms with E-state index in [9.17, 15) is 4.57 Å². The molecule has 0 saturated heterocycles. The van der Waals surface area contributed by atoms with Crippen LogP contribution in [0.15, 0.2) is 5.11 Å². The molecule has 0 aliphatic heterocycles. The number of hydrogen-bond acceptors (Lipinski definition) is 3. The van der Waals surface area contributed by atoms with E-state index in [1.54, 1.807) is 0 Å². The summed E-state index contributed by atoms with van der Waals surface area (Å²) in [4.78, 5) is 19.6. The lowest BCUT2D eigenvalue weighted by atomic mass is 10.1. The monoisotopic (exact) mass is 293 g/mol. The Balaban J connectivity index is 3.07. The molecule has 0 aliphatic carbocycles. The van der Waals surface area contributed by atoms with E-state index in [-0.39, 0.29) is 6.61 Å². The van der Waals surface area contributed by atoms with Gasteiger partial charge in [0.1, 0.15) is 0 Å². The van der Waals surface area contributed by atoms with Crippen molar-refractivity contribution < 1.29 is 18.9 Å². The first-order chi connectivity index (χ1) is 9.06. The van der Waals surface area contributed by atoms with Crippen LogP contribution in [0.25, 0.3) is 10.4 Å². The van der Waals surface area contributed by atoms with Crippen LogP contribution in [-0.4, -0.2) is 22.9 Å². The zero-order chi connectivity index (χ0) is 14.4. The molecule has 7 nitrogen and oxygen atoms in total. The number of rotatable bonds is 13. The molecule has 19 heavy (non-hydrogen) atoms. The number of phosphoric ester groups is 1. The summed E-state index contributed by atoms with van der Waals surface area (Å²) >= 11 is 0. The van der Waals surface area contributed by atoms with Gasteiger partial charge in [0, 0.05) is 11.5 Å². The molecule has 0 aliphatic rings. The largest absolute Gasteiger partial charge is 0.469 e. The van der Waals surface area contributed by atoms with Crippen molar-refractivity contribution in [2.24, 2.45) is 5.11 Å². The second kappa shape index (κ2) is 12.5. The van der Waals surface area contributed by atoms with Crippen molar-refractivity contribution in [1.82, 2.24) is 0 Å². The van der Waals surface area contributed by atoms with Gasteiger partial charge in [0.25, 0.3) is 0 Å². The molecule has 0 bridgehead atoms. The number of nitrogens with zero attached hydrogens (tertiary/aromatic N) is 3. The maximum atomic E-state index is 10.4. The van der Waals surface area contributed by atoms with Crippen molar-refractivity contribution in [2.75, 3.05) is 13.2 Å². The first-order valence-electron chi connectivity index (χ1n) is 6.77. The molecule has 0 spiro atoms. The SMILES string of the molecule is [N-]=[N+]=NCCCCCCCCCCCOP(=O)(O)O. The topological polar surface area (TPSA) is 116 Å². The van der Waals surface area contributed by atoms with Crippen LogP contribution >= 0.6 is 7.82 Å². The maximum absolute atomic E-state index is 10.4. The molecular formula is C11H24N3O4P. The fraction of sp³-hybridized carbons (Fsp3) is 1.00. The number of azide groups is 1. The van der Waals surface area contributed by atoms with E-state index in [4.69, 9.17) is 15.3 Å². The molecule has 0 radical (unpaired) electrons. The standard InChI is InChI=1S/C11H24N3O4P/c12-14-13-10-8-6-4-2-1-3-5-7-9-11-18-19(15,16)17/h1-11H2,(H2,15,16,17). The molecule has 0 heterocycles. The maximum Gasteiger partial charge on any atom is 0.469 e. The van der Waals surface area contributed by atoms with E-state index in [2.05, 4.69) is 14.5 Å². The van der Waals surface area contributed by atoms with Crippen LogP contribution in [0.1, 0.15) is 57.8 Å². The van der Waals surface area contributed by atoms with Gasteiger partial charge in [-0.05, 0) is 18.4 Å². The molecule has 0 unspecified atom stereocenters. The van der Waals surface area contributed by atoms with Crippen LogP contribution < -0.4 is 0 Å². The Kier molecular flexibility index (Phi) is 12.1. The second-order valence-electron chi connectivity index (χ2n) is 4.46. The fourth-order valence-electron chi connectivity index (χ4n) is 1.75. The highest BCUT2D eigenvalue weighted by atomic mass is 31.2. The average Bonchev–Trinajstić information content (AvgIpc) is 2.34. The summed E-state index contributed by atoms with van der Waals surface area (Å²) in [6.45, 7) is 0.722. The third kappa shape index (κ3) is 17.4. The van der Waals surface area contributed by atoms with Crippen molar-refractivity contribution in [1.29, 1.82) is 0 Å². The quantitative estimate of drug-likeness (QED) is 0.176. The Morgan fingerprint density at radius 3 is 1.89 bits per heavy atom. The molecule has 0 fully saturated rings. The zero-order valence-corrected chi connectivity index (χ0v) is 12.2. The third-order valence-electron chi connectivity index (χ3n) is 2.73. The minimum atomic E-state index is -4.28. The summed E-state index contributed by atoms with van der Waals surface area (Å²) in [6, 6.07) is 0. The van der Waals surface area contributed by atoms with Crippen molar-refractivity contribution >= 4 is 7.82 Å². The summed E-state index contributed by atoms with van der Waals surface area (Å²) in [5.41, 5.74) is 8.08. The molecule has 0 aromatic rings. The van der Waals surface area contributed by atoms with Gasteiger partial charge in [-0.1, -0.05) is 50.1 Å². The zero-order valence-electron chi connectivity index (χ0n) is 11.3. The summed E-state index contributed by atoms with van der Waals surface area (Å²) in [5.74, 6) is 0. The summed E-state index contributed by atoms with van der Waals surface area (Å²) in [5, 5.41) is 3.48. The summed E-state index contributed by atoms with van der Waals surface area (Å²) < 4.78 is 14.7. The van der Waals surface area contributed by atoms with Gasteiger partial charge in [-0.25, -0.2) is 4.57 Å². The normalized spacial score (nSPS) is 11.3. The molecule has 0 aromatic heterocycles. The Labute approximate surface area is 114 Å². The van der Waals surface area contributed by atoms with E-state index in [1.807, 2.05) is 0 Å². The number of unbranched alkanes of at least 4 members (excludes halogenated alkanes) is 8. The molecule has 8 heteroatoms. The summed E-state index contributed by atoms with van der Waals surface area (Å²) in [6.07, 6.45) is 9.46. The molecule has 0 rings (SSSR count). The molecule has 0 amide bonds. The predicted octanol–water partition coefficient (Wildman–Crippen LogP) is 3.92. The molecule has 112 valence electrons. The molecule has 0 atom stereocenters. The minimum absolute atomic E-state index is 0.129. The Morgan fingerprint density at radius 2 is 1.42 bits per heavy atom. The molecule has 0 aromatic carbocycles. The second-order valence-corrected chi connectivity index (χ2v) is 5.70. The van der Waals surface area contributed by atoms with Gasteiger partial charge in [0.05, 0.1) is 6.61 Å². The molecule has 2 N–H and O–H groups in total. The third-order valence-corrected chi connectivity index (χ3v) is 3.24. The molecule has 0 saturated carbocycles. The van der Waals surface area contributed by atoms with E-state index in [0.717, 1.165) is 32.1 Å². The van der Waals surface area contributed by atoms with Gasteiger partial charge in [0.2, 0.25) is 0 Å². The van der Waals surface area contributed by atoms with Gasteiger partial charge in [-0.2, -0.15) is 0 Å². The van der Waals surface area contributed by atoms with Crippen molar-refractivity contribution in [3.05, 3.63) is 10.4 Å². The van der Waals surface area contributed by atoms with Crippen LogP contribution in [0.3, 0.4) is 0 Å². The average molecular weight is 293 g/mol. The summed E-state index contributed by atoms with van der Waals surface area (Å²) in [7, 11) is -4.28. The van der Waals surface area contributed by atoms with E-state index >= 15 is 0 Å². The van der Waals surface area contributed by atoms with Gasteiger partial charge >= 0.3 is 7.82 Å². The highest BCUT2D eigenvalue weighted by Gasteiger charge is 2.12. The van der Waals surface area contributed by atoms with Crippen LogP contribution in [0.2, 0.25) is 0 Å². The van der Waals surface area contributed by atoms with Crippen LogP contribution in [0.4, 0.5) is 0 Å². The van der Waals surface area contributed by atoms with Crippen molar-refractivity contribution in [3.8, 4) is 0 Å². The first-order valence-corrected chi connectivity index (χ1v) is 8.30. The lowest BCUT2D eigenvalue weighted by Crippen LogP contribution is -1.92. The van der Waals surface area contributed by atoms with E-state index in [0.29, 0.717) is 13.0 Å². The number of hydrogen-bond donors (Lipinski definition) is 2. The lowest BCUT2D eigenvalue weighted by Gasteiger charge is -2.05. The number of phosphoric acid groups is 1. The molecular weight excluding hydrogens is 269 g/mol. The Hall–Kier alpha value is -0.580. The van der Waals surface area contributed by atoms with E-state index in [1.165, 1.54) is 19.3 Å². The lowest BCUT2D eigenvalue weighted by molar-refractivity contribution is 0.193. The Morgan fingerprint density at radius 1 is 0.947 bits per heavy atom. The van der Waals surface area contributed by atoms with Crippen LogP contribution in [-0.2, 0) is 9.09 Å². The van der Waals surface area contributed by atoms with E-state index < -0.39 is 7.82 Å². The Bertz CT molecular complexity index is 302.